The number of amides is 1. The molecule has 7 heteroatoms. The molecule has 0 fully saturated rings. The van der Waals surface area contributed by atoms with Gasteiger partial charge in [-0.15, -0.1) is 0 Å². The van der Waals surface area contributed by atoms with Crippen LogP contribution in [-0.2, 0) is 6.54 Å². The SMILES string of the molecule is NC(=O)c1cc(NCc2cc(F)c(F)c(F)c2)ccc1Cl. The second-order valence-corrected chi connectivity index (χ2v) is 4.69. The summed E-state index contributed by atoms with van der Waals surface area (Å²) in [5.74, 6) is -4.73. The number of hydrogen-bond acceptors (Lipinski definition) is 2. The van der Waals surface area contributed by atoms with E-state index in [1.165, 1.54) is 12.1 Å². The van der Waals surface area contributed by atoms with Crippen molar-refractivity contribution in [1.29, 1.82) is 0 Å². The van der Waals surface area contributed by atoms with Gasteiger partial charge in [0.25, 0.3) is 0 Å². The zero-order chi connectivity index (χ0) is 15.6. The maximum Gasteiger partial charge on any atom is 0.250 e. The van der Waals surface area contributed by atoms with Crippen LogP contribution in [0.4, 0.5) is 18.9 Å². The van der Waals surface area contributed by atoms with Crippen LogP contribution in [0.25, 0.3) is 0 Å². The van der Waals surface area contributed by atoms with Gasteiger partial charge >= 0.3 is 0 Å². The van der Waals surface area contributed by atoms with E-state index in [0.29, 0.717) is 5.69 Å². The monoisotopic (exact) mass is 314 g/mol. The molecule has 0 radical (unpaired) electrons. The van der Waals surface area contributed by atoms with Crippen LogP contribution in [0.1, 0.15) is 15.9 Å². The summed E-state index contributed by atoms with van der Waals surface area (Å²) in [5, 5.41) is 3.04. The smallest absolute Gasteiger partial charge is 0.250 e. The molecule has 0 unspecified atom stereocenters. The number of rotatable bonds is 4. The van der Waals surface area contributed by atoms with E-state index >= 15 is 0 Å². The highest BCUT2D eigenvalue weighted by Gasteiger charge is 2.11. The second kappa shape index (κ2) is 6.05. The first-order valence-corrected chi connectivity index (χ1v) is 6.23. The lowest BCUT2D eigenvalue weighted by Crippen LogP contribution is -2.12. The molecule has 0 aliphatic rings. The van der Waals surface area contributed by atoms with Crippen molar-refractivity contribution < 1.29 is 18.0 Å². The Kier molecular flexibility index (Phi) is 4.37. The van der Waals surface area contributed by atoms with E-state index in [9.17, 15) is 18.0 Å². The molecule has 21 heavy (non-hydrogen) atoms. The number of carbonyl (C=O) groups excluding carboxylic acids is 1. The average molecular weight is 315 g/mol. The van der Waals surface area contributed by atoms with Crippen LogP contribution in [-0.4, -0.2) is 5.91 Å². The summed E-state index contributed by atoms with van der Waals surface area (Å²) in [6, 6.07) is 6.23. The maximum absolute atomic E-state index is 13.1. The number of anilines is 1. The van der Waals surface area contributed by atoms with Crippen LogP contribution in [0.3, 0.4) is 0 Å². The summed E-state index contributed by atoms with van der Waals surface area (Å²) < 4.78 is 39.0. The van der Waals surface area contributed by atoms with Crippen molar-refractivity contribution in [2.24, 2.45) is 5.73 Å². The maximum atomic E-state index is 13.1. The molecule has 0 spiro atoms. The Labute approximate surface area is 123 Å². The normalized spacial score (nSPS) is 10.5. The van der Waals surface area contributed by atoms with E-state index in [1.54, 1.807) is 6.07 Å². The first-order chi connectivity index (χ1) is 9.88. The zero-order valence-electron chi connectivity index (χ0n) is 10.6. The van der Waals surface area contributed by atoms with Crippen molar-refractivity contribution in [3.8, 4) is 0 Å². The van der Waals surface area contributed by atoms with Gasteiger partial charge in [-0.25, -0.2) is 13.2 Å². The van der Waals surface area contributed by atoms with Gasteiger partial charge in [0.2, 0.25) is 5.91 Å². The molecule has 0 saturated carbocycles. The highest BCUT2D eigenvalue weighted by Crippen LogP contribution is 2.21. The summed E-state index contributed by atoms with van der Waals surface area (Å²) in [6.07, 6.45) is 0. The lowest BCUT2D eigenvalue weighted by molar-refractivity contribution is 0.100. The van der Waals surface area contributed by atoms with Crippen molar-refractivity contribution in [2.75, 3.05) is 5.32 Å². The predicted octanol–water partition coefficient (Wildman–Crippen LogP) is 3.47. The van der Waals surface area contributed by atoms with E-state index in [0.717, 1.165) is 12.1 Å². The molecule has 3 nitrogen and oxygen atoms in total. The molecular weight excluding hydrogens is 305 g/mol. The third-order valence-corrected chi connectivity index (χ3v) is 3.10. The Morgan fingerprint density at radius 2 is 1.76 bits per heavy atom. The molecular formula is C14H10ClF3N2O. The van der Waals surface area contributed by atoms with Crippen molar-refractivity contribution in [1.82, 2.24) is 0 Å². The Hall–Kier alpha value is -2.21. The minimum Gasteiger partial charge on any atom is -0.381 e. The second-order valence-electron chi connectivity index (χ2n) is 4.29. The molecule has 0 bridgehead atoms. The Balaban J connectivity index is 2.17. The molecule has 3 N–H and O–H groups in total. The lowest BCUT2D eigenvalue weighted by Gasteiger charge is -2.09. The number of carbonyl (C=O) groups is 1. The molecule has 0 saturated heterocycles. The molecule has 0 heterocycles. The summed E-state index contributed by atoms with van der Waals surface area (Å²) in [6.45, 7) is 0.0357. The average Bonchev–Trinajstić information content (AvgIpc) is 2.43. The molecule has 0 atom stereocenters. The molecule has 0 aliphatic heterocycles. The van der Waals surface area contributed by atoms with Gasteiger partial charge in [-0.05, 0) is 35.9 Å². The van der Waals surface area contributed by atoms with Crippen LogP contribution in [0, 0.1) is 17.5 Å². The highest BCUT2D eigenvalue weighted by molar-refractivity contribution is 6.33. The largest absolute Gasteiger partial charge is 0.381 e. The van der Waals surface area contributed by atoms with Gasteiger partial charge in [0.05, 0.1) is 10.6 Å². The Morgan fingerprint density at radius 3 is 2.33 bits per heavy atom. The zero-order valence-corrected chi connectivity index (χ0v) is 11.3. The van der Waals surface area contributed by atoms with Gasteiger partial charge in [-0.3, -0.25) is 4.79 Å². The number of benzene rings is 2. The van der Waals surface area contributed by atoms with E-state index in [1.807, 2.05) is 0 Å². The van der Waals surface area contributed by atoms with E-state index in [2.05, 4.69) is 5.32 Å². The highest BCUT2D eigenvalue weighted by atomic mass is 35.5. The van der Waals surface area contributed by atoms with Crippen molar-refractivity contribution in [2.45, 2.75) is 6.54 Å². The molecule has 2 aromatic rings. The molecule has 0 aromatic heterocycles. The Bertz CT molecular complexity index is 684. The van der Waals surface area contributed by atoms with Crippen LogP contribution < -0.4 is 11.1 Å². The van der Waals surface area contributed by atoms with Gasteiger partial charge < -0.3 is 11.1 Å². The quantitative estimate of drug-likeness (QED) is 0.849. The van der Waals surface area contributed by atoms with Crippen LogP contribution in [0.5, 0.6) is 0 Å². The Morgan fingerprint density at radius 1 is 1.14 bits per heavy atom. The number of nitrogens with two attached hydrogens (primary N) is 1. The van der Waals surface area contributed by atoms with Gasteiger partial charge in [-0.2, -0.15) is 0 Å². The van der Waals surface area contributed by atoms with Crippen molar-refractivity contribution in [3.05, 3.63) is 63.9 Å². The standard InChI is InChI=1S/C14H10ClF3N2O/c15-10-2-1-8(5-9(10)14(19)21)20-6-7-3-11(16)13(18)12(17)4-7/h1-5,20H,6H2,(H2,19,21). The first kappa shape index (κ1) is 15.2. The first-order valence-electron chi connectivity index (χ1n) is 5.85. The lowest BCUT2D eigenvalue weighted by atomic mass is 10.1. The van der Waals surface area contributed by atoms with E-state index in [4.69, 9.17) is 17.3 Å². The number of nitrogens with one attached hydrogen (secondary N) is 1. The summed E-state index contributed by atoms with van der Waals surface area (Å²) in [5.41, 5.74) is 5.97. The predicted molar refractivity (Wildman–Crippen MR) is 73.6 cm³/mol. The fourth-order valence-electron chi connectivity index (χ4n) is 1.74. The summed E-state index contributed by atoms with van der Waals surface area (Å²) >= 11 is 5.80. The summed E-state index contributed by atoms with van der Waals surface area (Å²) in [4.78, 5) is 11.1. The molecule has 2 rings (SSSR count). The fraction of sp³-hybridized carbons (Fsp3) is 0.0714. The van der Waals surface area contributed by atoms with Gasteiger partial charge in [0.15, 0.2) is 17.5 Å². The van der Waals surface area contributed by atoms with Gasteiger partial charge in [0, 0.05) is 12.2 Å². The number of hydrogen-bond donors (Lipinski definition) is 2. The van der Waals surface area contributed by atoms with Crippen LogP contribution >= 0.6 is 11.6 Å². The minimum atomic E-state index is -1.51. The molecule has 110 valence electrons. The van der Waals surface area contributed by atoms with Crippen LogP contribution in [0.2, 0.25) is 5.02 Å². The van der Waals surface area contributed by atoms with Crippen LogP contribution in [0.15, 0.2) is 30.3 Å². The van der Waals surface area contributed by atoms with Gasteiger partial charge in [0.1, 0.15) is 0 Å². The number of halogens is 4. The third kappa shape index (κ3) is 3.46. The van der Waals surface area contributed by atoms with Gasteiger partial charge in [-0.1, -0.05) is 11.6 Å². The molecule has 1 amide bonds. The molecule has 0 aliphatic carbocycles. The van der Waals surface area contributed by atoms with Crippen molar-refractivity contribution in [3.63, 3.8) is 0 Å². The minimum absolute atomic E-state index is 0.0357. The third-order valence-electron chi connectivity index (χ3n) is 2.77. The fourth-order valence-corrected chi connectivity index (χ4v) is 1.95. The topological polar surface area (TPSA) is 55.1 Å². The van der Waals surface area contributed by atoms with E-state index < -0.39 is 23.4 Å². The number of primary amides is 1. The molecule has 2 aromatic carbocycles. The summed E-state index contributed by atoms with van der Waals surface area (Å²) in [7, 11) is 0. The van der Waals surface area contributed by atoms with E-state index in [-0.39, 0.29) is 22.7 Å². The van der Waals surface area contributed by atoms with Crippen molar-refractivity contribution >= 4 is 23.2 Å².